The van der Waals surface area contributed by atoms with E-state index in [1.807, 2.05) is 29.2 Å². The van der Waals surface area contributed by atoms with Crippen molar-refractivity contribution in [2.75, 3.05) is 26.3 Å². The number of carbonyl (C=O) groups is 1. The Morgan fingerprint density at radius 3 is 2.29 bits per heavy atom. The second-order valence-corrected chi connectivity index (χ2v) is 6.95. The van der Waals surface area contributed by atoms with Gasteiger partial charge in [0.1, 0.15) is 5.75 Å². The Morgan fingerprint density at radius 2 is 1.67 bits per heavy atom. The van der Waals surface area contributed by atoms with Crippen LogP contribution in [0.1, 0.15) is 48.9 Å². The smallest absolute Gasteiger partial charge is 0.253 e. The molecule has 2 aliphatic heterocycles. The van der Waals surface area contributed by atoms with Gasteiger partial charge in [-0.15, -0.1) is 0 Å². The molecule has 130 valence electrons. The molecule has 3 fully saturated rings. The average Bonchev–Trinajstić information content (AvgIpc) is 3.28. The zero-order valence-electron chi connectivity index (χ0n) is 14.0. The summed E-state index contributed by atoms with van der Waals surface area (Å²) in [6.45, 7) is 2.69. The topological polar surface area (TPSA) is 48.0 Å². The number of carbonyl (C=O) groups excluding carboxylic acids is 1. The van der Waals surface area contributed by atoms with Gasteiger partial charge in [0.25, 0.3) is 5.91 Å². The number of hydrogen-bond donors (Lipinski definition) is 0. The molecule has 4 rings (SSSR count). The molecule has 0 bridgehead atoms. The first-order valence-corrected chi connectivity index (χ1v) is 9.08. The lowest BCUT2D eigenvalue weighted by molar-refractivity contribution is -0.181. The molecule has 0 N–H and O–H groups in total. The van der Waals surface area contributed by atoms with Crippen LogP contribution >= 0.6 is 0 Å². The predicted molar refractivity (Wildman–Crippen MR) is 89.1 cm³/mol. The van der Waals surface area contributed by atoms with Crippen LogP contribution in [0.25, 0.3) is 0 Å². The summed E-state index contributed by atoms with van der Waals surface area (Å²) in [5, 5.41) is 0. The minimum Gasteiger partial charge on any atom is -0.490 e. The fraction of sp³-hybridized carbons (Fsp3) is 0.632. The minimum absolute atomic E-state index is 0.0789. The van der Waals surface area contributed by atoms with Crippen LogP contribution < -0.4 is 4.74 Å². The quantitative estimate of drug-likeness (QED) is 0.854. The molecule has 0 aromatic heterocycles. The molecule has 1 spiro atoms. The van der Waals surface area contributed by atoms with Gasteiger partial charge in [0.05, 0.1) is 19.3 Å². The third-order valence-electron chi connectivity index (χ3n) is 5.33. The van der Waals surface area contributed by atoms with Crippen molar-refractivity contribution >= 4 is 5.91 Å². The highest BCUT2D eigenvalue weighted by atomic mass is 16.7. The molecule has 1 saturated carbocycles. The molecule has 3 aliphatic rings. The Kier molecular flexibility index (Phi) is 4.46. The van der Waals surface area contributed by atoms with Gasteiger partial charge in [-0.1, -0.05) is 0 Å². The van der Waals surface area contributed by atoms with Gasteiger partial charge in [0.2, 0.25) is 0 Å². The largest absolute Gasteiger partial charge is 0.490 e. The van der Waals surface area contributed by atoms with Gasteiger partial charge in [0.15, 0.2) is 5.79 Å². The normalized spacial score (nSPS) is 23.8. The first-order chi connectivity index (χ1) is 11.7. The summed E-state index contributed by atoms with van der Waals surface area (Å²) in [6.07, 6.45) is 6.64. The summed E-state index contributed by atoms with van der Waals surface area (Å²) in [6, 6.07) is 7.58. The maximum atomic E-state index is 12.7. The molecular weight excluding hydrogens is 306 g/mol. The molecule has 1 amide bonds. The fourth-order valence-electron chi connectivity index (χ4n) is 3.89. The zero-order chi connectivity index (χ0) is 16.4. The molecule has 0 unspecified atom stereocenters. The lowest BCUT2D eigenvalue weighted by Gasteiger charge is -2.37. The van der Waals surface area contributed by atoms with E-state index in [2.05, 4.69) is 0 Å². The SMILES string of the molecule is O=C(c1ccc(OC2CCCC2)cc1)N1CCC2(CC1)OCCO2. The summed E-state index contributed by atoms with van der Waals surface area (Å²) >= 11 is 0. The Balaban J connectivity index is 1.34. The van der Waals surface area contributed by atoms with Crippen molar-refractivity contribution in [2.45, 2.75) is 50.4 Å². The second kappa shape index (κ2) is 6.73. The van der Waals surface area contributed by atoms with Crippen LogP contribution in [-0.2, 0) is 9.47 Å². The zero-order valence-corrected chi connectivity index (χ0v) is 14.0. The predicted octanol–water partition coefficient (Wildman–Crippen LogP) is 2.99. The molecule has 0 atom stereocenters. The van der Waals surface area contributed by atoms with Crippen LogP contribution in [0.15, 0.2) is 24.3 Å². The third kappa shape index (κ3) is 3.28. The molecule has 2 heterocycles. The maximum absolute atomic E-state index is 12.7. The van der Waals surface area contributed by atoms with Gasteiger partial charge < -0.3 is 19.1 Å². The number of amides is 1. The van der Waals surface area contributed by atoms with Crippen LogP contribution in [0.3, 0.4) is 0 Å². The lowest BCUT2D eigenvalue weighted by Crippen LogP contribution is -2.47. The molecule has 1 aromatic rings. The van der Waals surface area contributed by atoms with E-state index < -0.39 is 5.79 Å². The molecule has 24 heavy (non-hydrogen) atoms. The standard InChI is InChI=1S/C19H25NO4/c21-18(20-11-9-19(10-12-20)22-13-14-23-19)15-5-7-17(8-6-15)24-16-3-1-2-4-16/h5-8,16H,1-4,9-14H2. The fourth-order valence-corrected chi connectivity index (χ4v) is 3.89. The number of hydrogen-bond acceptors (Lipinski definition) is 4. The van der Waals surface area contributed by atoms with Gasteiger partial charge in [-0.2, -0.15) is 0 Å². The van der Waals surface area contributed by atoms with Gasteiger partial charge in [0, 0.05) is 31.5 Å². The van der Waals surface area contributed by atoms with Crippen LogP contribution in [0, 0.1) is 0 Å². The van der Waals surface area contributed by atoms with Crippen molar-refractivity contribution in [1.82, 2.24) is 4.90 Å². The molecule has 5 heteroatoms. The molecule has 1 aliphatic carbocycles. The van der Waals surface area contributed by atoms with Gasteiger partial charge in [-0.25, -0.2) is 0 Å². The highest BCUT2D eigenvalue weighted by Gasteiger charge is 2.40. The van der Waals surface area contributed by atoms with Crippen molar-refractivity contribution in [2.24, 2.45) is 0 Å². The molecule has 5 nitrogen and oxygen atoms in total. The first-order valence-electron chi connectivity index (χ1n) is 9.08. The number of piperidine rings is 1. The average molecular weight is 331 g/mol. The van der Waals surface area contributed by atoms with Gasteiger partial charge >= 0.3 is 0 Å². The van der Waals surface area contributed by atoms with E-state index in [0.717, 1.165) is 37.0 Å². The monoisotopic (exact) mass is 331 g/mol. The summed E-state index contributed by atoms with van der Waals surface area (Å²) in [4.78, 5) is 14.6. The minimum atomic E-state index is -0.435. The number of rotatable bonds is 3. The highest BCUT2D eigenvalue weighted by molar-refractivity contribution is 5.94. The van der Waals surface area contributed by atoms with Crippen molar-refractivity contribution in [3.63, 3.8) is 0 Å². The third-order valence-corrected chi connectivity index (χ3v) is 5.33. The number of likely N-dealkylation sites (tertiary alicyclic amines) is 1. The van der Waals surface area contributed by atoms with E-state index in [0.29, 0.717) is 32.4 Å². The summed E-state index contributed by atoms with van der Waals surface area (Å²) in [5.41, 5.74) is 0.720. The molecular formula is C19H25NO4. The van der Waals surface area contributed by atoms with Gasteiger partial charge in [-0.05, 0) is 49.9 Å². The van der Waals surface area contributed by atoms with E-state index in [9.17, 15) is 4.79 Å². The van der Waals surface area contributed by atoms with Crippen molar-refractivity contribution in [1.29, 1.82) is 0 Å². The molecule has 0 radical (unpaired) electrons. The Morgan fingerprint density at radius 1 is 1.04 bits per heavy atom. The summed E-state index contributed by atoms with van der Waals surface area (Å²) in [5.74, 6) is 0.509. The second-order valence-electron chi connectivity index (χ2n) is 6.95. The number of ether oxygens (including phenoxy) is 3. The van der Waals surface area contributed by atoms with Crippen molar-refractivity contribution < 1.29 is 19.0 Å². The maximum Gasteiger partial charge on any atom is 0.253 e. The van der Waals surface area contributed by atoms with Crippen LogP contribution in [0.5, 0.6) is 5.75 Å². The van der Waals surface area contributed by atoms with Crippen LogP contribution in [0.2, 0.25) is 0 Å². The van der Waals surface area contributed by atoms with Gasteiger partial charge in [-0.3, -0.25) is 4.79 Å². The Hall–Kier alpha value is -1.59. The van der Waals surface area contributed by atoms with Crippen LogP contribution in [0.4, 0.5) is 0 Å². The lowest BCUT2D eigenvalue weighted by atomic mass is 10.0. The van der Waals surface area contributed by atoms with E-state index in [1.54, 1.807) is 0 Å². The van der Waals surface area contributed by atoms with E-state index in [4.69, 9.17) is 14.2 Å². The summed E-state index contributed by atoms with van der Waals surface area (Å²) in [7, 11) is 0. The Labute approximate surface area is 142 Å². The molecule has 2 saturated heterocycles. The van der Waals surface area contributed by atoms with E-state index in [-0.39, 0.29) is 5.91 Å². The highest BCUT2D eigenvalue weighted by Crippen LogP contribution is 2.32. The van der Waals surface area contributed by atoms with Crippen molar-refractivity contribution in [3.05, 3.63) is 29.8 Å². The first kappa shape index (κ1) is 15.9. The number of benzene rings is 1. The number of nitrogens with zero attached hydrogens (tertiary/aromatic N) is 1. The van der Waals surface area contributed by atoms with Crippen molar-refractivity contribution in [3.8, 4) is 5.75 Å². The summed E-state index contributed by atoms with van der Waals surface area (Å²) < 4.78 is 17.4. The van der Waals surface area contributed by atoms with E-state index >= 15 is 0 Å². The van der Waals surface area contributed by atoms with E-state index in [1.165, 1.54) is 12.8 Å². The van der Waals surface area contributed by atoms with Crippen LogP contribution in [-0.4, -0.2) is 49.0 Å². The Bertz CT molecular complexity index is 564. The molecule has 1 aromatic carbocycles.